The number of rotatable bonds is 2. The highest BCUT2D eigenvalue weighted by molar-refractivity contribution is 5.73. The van der Waals surface area contributed by atoms with Gasteiger partial charge in [0, 0.05) is 23.7 Å². The molecule has 0 aliphatic carbocycles. The van der Waals surface area contributed by atoms with Crippen LogP contribution in [-0.4, -0.2) is 16.3 Å². The molecule has 0 amide bonds. The van der Waals surface area contributed by atoms with Gasteiger partial charge in [-0.25, -0.2) is 13.5 Å². The van der Waals surface area contributed by atoms with Crippen LogP contribution >= 0.6 is 0 Å². The lowest BCUT2D eigenvalue weighted by Crippen LogP contribution is -2.07. The molecule has 26 heavy (non-hydrogen) atoms. The number of alkyl halides is 3. The Balaban J connectivity index is 1.82. The second-order valence-corrected chi connectivity index (χ2v) is 5.93. The quantitative estimate of drug-likeness (QED) is 0.661. The maximum absolute atomic E-state index is 14.2. The van der Waals surface area contributed by atoms with Gasteiger partial charge in [-0.15, -0.1) is 0 Å². The van der Waals surface area contributed by atoms with Crippen molar-refractivity contribution < 1.29 is 22.0 Å². The molecule has 4 rings (SSSR count). The zero-order valence-corrected chi connectivity index (χ0v) is 13.2. The van der Waals surface area contributed by atoms with Crippen molar-refractivity contribution in [2.45, 2.75) is 12.6 Å². The van der Waals surface area contributed by atoms with Crippen LogP contribution in [-0.2, 0) is 12.6 Å². The molecule has 2 heterocycles. The van der Waals surface area contributed by atoms with Gasteiger partial charge in [-0.1, -0.05) is 0 Å². The Labute approximate surface area is 145 Å². The predicted octanol–water partition coefficient (Wildman–Crippen LogP) is 4.80. The van der Waals surface area contributed by atoms with E-state index >= 15 is 0 Å². The van der Waals surface area contributed by atoms with E-state index < -0.39 is 23.4 Å². The number of halogens is 5. The monoisotopic (exact) mass is 365 g/mol. The van der Waals surface area contributed by atoms with E-state index in [1.807, 2.05) is 0 Å². The normalized spacial score (nSPS) is 13.6. The van der Waals surface area contributed by atoms with Crippen LogP contribution in [0.3, 0.4) is 0 Å². The summed E-state index contributed by atoms with van der Waals surface area (Å²) in [4.78, 5) is 0. The minimum absolute atomic E-state index is 0.150. The van der Waals surface area contributed by atoms with E-state index in [1.165, 1.54) is 22.9 Å². The molecule has 0 saturated heterocycles. The maximum Gasteiger partial charge on any atom is 0.416 e. The predicted molar refractivity (Wildman–Crippen MR) is 86.1 cm³/mol. The van der Waals surface area contributed by atoms with Crippen molar-refractivity contribution in [3.8, 4) is 16.9 Å². The van der Waals surface area contributed by atoms with Crippen molar-refractivity contribution in [1.29, 1.82) is 0 Å². The third-order valence-electron chi connectivity index (χ3n) is 4.28. The number of hydrogen-bond acceptors (Lipinski definition) is 2. The molecule has 0 unspecified atom stereocenters. The summed E-state index contributed by atoms with van der Waals surface area (Å²) >= 11 is 0. The molecule has 0 fully saturated rings. The first kappa shape index (κ1) is 16.6. The number of nitrogens with one attached hydrogen (secondary N) is 1. The van der Waals surface area contributed by atoms with E-state index in [9.17, 15) is 22.0 Å². The van der Waals surface area contributed by atoms with Gasteiger partial charge in [-0.05, 0) is 42.8 Å². The molecule has 2 aromatic carbocycles. The van der Waals surface area contributed by atoms with E-state index in [2.05, 4.69) is 10.4 Å². The molecule has 3 nitrogen and oxygen atoms in total. The number of fused-ring (bicyclic) bond motifs is 1. The van der Waals surface area contributed by atoms with Crippen LogP contribution in [0.5, 0.6) is 0 Å². The highest BCUT2D eigenvalue weighted by Gasteiger charge is 2.31. The van der Waals surface area contributed by atoms with Gasteiger partial charge < -0.3 is 5.32 Å². The summed E-state index contributed by atoms with van der Waals surface area (Å²) in [7, 11) is 0. The molecular formula is C18H12F5N3. The molecule has 134 valence electrons. The Kier molecular flexibility index (Phi) is 3.71. The lowest BCUT2D eigenvalue weighted by Gasteiger charge is -2.09. The minimum atomic E-state index is -4.43. The first-order valence-electron chi connectivity index (χ1n) is 7.83. The van der Waals surface area contributed by atoms with Crippen LogP contribution in [0.2, 0.25) is 0 Å². The molecule has 0 saturated carbocycles. The minimum Gasteiger partial charge on any atom is -0.369 e. The van der Waals surface area contributed by atoms with Gasteiger partial charge in [0.25, 0.3) is 0 Å². The molecule has 8 heteroatoms. The molecule has 1 aliphatic rings. The van der Waals surface area contributed by atoms with E-state index in [-0.39, 0.29) is 5.56 Å². The van der Waals surface area contributed by atoms with Gasteiger partial charge in [0.05, 0.1) is 11.3 Å². The largest absolute Gasteiger partial charge is 0.416 e. The molecular weight excluding hydrogens is 353 g/mol. The summed E-state index contributed by atoms with van der Waals surface area (Å²) in [5, 5.41) is 7.48. The Bertz CT molecular complexity index is 974. The van der Waals surface area contributed by atoms with Crippen LogP contribution in [0.15, 0.2) is 42.5 Å². The average Bonchev–Trinajstić information content (AvgIpc) is 3.17. The molecule has 0 radical (unpaired) electrons. The number of hydrogen-bond donors (Lipinski definition) is 1. The van der Waals surface area contributed by atoms with E-state index in [4.69, 9.17) is 0 Å². The first-order valence-corrected chi connectivity index (χ1v) is 7.83. The lowest BCUT2D eigenvalue weighted by molar-refractivity contribution is -0.137. The Morgan fingerprint density at radius 1 is 1.00 bits per heavy atom. The van der Waals surface area contributed by atoms with E-state index in [0.717, 1.165) is 29.8 Å². The highest BCUT2D eigenvalue weighted by atomic mass is 19.4. The second-order valence-electron chi connectivity index (χ2n) is 5.93. The van der Waals surface area contributed by atoms with E-state index in [0.29, 0.717) is 30.2 Å². The number of anilines is 1. The highest BCUT2D eigenvalue weighted by Crippen LogP contribution is 2.36. The molecule has 0 atom stereocenters. The van der Waals surface area contributed by atoms with Gasteiger partial charge in [-0.2, -0.15) is 18.3 Å². The zero-order chi connectivity index (χ0) is 18.5. The van der Waals surface area contributed by atoms with Crippen LogP contribution in [0.25, 0.3) is 16.9 Å². The average molecular weight is 365 g/mol. The molecule has 3 aromatic rings. The summed E-state index contributed by atoms with van der Waals surface area (Å²) < 4.78 is 67.0. The smallest absolute Gasteiger partial charge is 0.369 e. The van der Waals surface area contributed by atoms with Crippen LogP contribution in [0, 0.1) is 11.6 Å². The Morgan fingerprint density at radius 2 is 1.73 bits per heavy atom. The topological polar surface area (TPSA) is 29.9 Å². The Morgan fingerprint density at radius 3 is 2.38 bits per heavy atom. The van der Waals surface area contributed by atoms with Crippen molar-refractivity contribution in [1.82, 2.24) is 9.78 Å². The number of benzene rings is 2. The maximum atomic E-state index is 14.2. The standard InChI is InChI=1S/C18H12F5N3/c19-11-3-6-13(15(20)9-11)16-14-7-8-24-17(14)26(25-16)12-4-1-10(2-5-12)18(21,22)23/h1-6,9,24H,7-8H2. The van der Waals surface area contributed by atoms with Gasteiger partial charge in [-0.3, -0.25) is 0 Å². The molecule has 0 spiro atoms. The third kappa shape index (κ3) is 2.71. The molecule has 0 bridgehead atoms. The summed E-state index contributed by atoms with van der Waals surface area (Å²) in [6.45, 7) is 0.601. The number of nitrogens with zero attached hydrogens (tertiary/aromatic N) is 2. The van der Waals surface area contributed by atoms with Crippen molar-refractivity contribution in [3.63, 3.8) is 0 Å². The summed E-state index contributed by atoms with van der Waals surface area (Å²) in [5.41, 5.74) is 0.898. The summed E-state index contributed by atoms with van der Waals surface area (Å²) in [6.07, 6.45) is -3.84. The van der Waals surface area contributed by atoms with Gasteiger partial charge >= 0.3 is 6.18 Å². The fraction of sp³-hybridized carbons (Fsp3) is 0.167. The second kappa shape index (κ2) is 5.82. The van der Waals surface area contributed by atoms with Gasteiger partial charge in [0.2, 0.25) is 0 Å². The van der Waals surface area contributed by atoms with Gasteiger partial charge in [0.1, 0.15) is 23.1 Å². The molecule has 1 aromatic heterocycles. The fourth-order valence-electron chi connectivity index (χ4n) is 3.05. The van der Waals surface area contributed by atoms with Crippen molar-refractivity contribution in [2.75, 3.05) is 11.9 Å². The summed E-state index contributed by atoms with van der Waals surface area (Å²) in [6, 6.07) is 7.78. The van der Waals surface area contributed by atoms with Crippen LogP contribution in [0.1, 0.15) is 11.1 Å². The first-order chi connectivity index (χ1) is 12.3. The lowest BCUT2D eigenvalue weighted by atomic mass is 10.1. The van der Waals surface area contributed by atoms with Crippen LogP contribution < -0.4 is 5.32 Å². The SMILES string of the molecule is Fc1ccc(-c2nn(-c3ccc(C(F)(F)F)cc3)c3c2CCN3)c(F)c1. The van der Waals surface area contributed by atoms with Gasteiger partial charge in [0.15, 0.2) is 0 Å². The van der Waals surface area contributed by atoms with Crippen molar-refractivity contribution in [2.24, 2.45) is 0 Å². The number of aromatic nitrogens is 2. The summed E-state index contributed by atoms with van der Waals surface area (Å²) in [5.74, 6) is -0.830. The zero-order valence-electron chi connectivity index (χ0n) is 13.2. The van der Waals surface area contributed by atoms with Crippen molar-refractivity contribution in [3.05, 3.63) is 65.2 Å². The molecule has 1 aliphatic heterocycles. The molecule has 1 N–H and O–H groups in total. The Hall–Kier alpha value is -2.90. The van der Waals surface area contributed by atoms with Crippen molar-refractivity contribution >= 4 is 5.82 Å². The fourth-order valence-corrected chi connectivity index (χ4v) is 3.05. The van der Waals surface area contributed by atoms with Crippen LogP contribution in [0.4, 0.5) is 27.8 Å². The van der Waals surface area contributed by atoms with E-state index in [1.54, 1.807) is 0 Å². The third-order valence-corrected chi connectivity index (χ3v) is 4.28.